The van der Waals surface area contributed by atoms with E-state index in [4.69, 9.17) is 5.26 Å². The Hall–Kier alpha value is -1.31. The van der Waals surface area contributed by atoms with Crippen LogP contribution < -0.4 is 5.32 Å². The van der Waals surface area contributed by atoms with Crippen molar-refractivity contribution in [2.45, 2.75) is 13.5 Å². The van der Waals surface area contributed by atoms with Crippen molar-refractivity contribution < 1.29 is 0 Å². The van der Waals surface area contributed by atoms with Crippen molar-refractivity contribution in [2.24, 2.45) is 0 Å². The second-order valence-corrected chi connectivity index (χ2v) is 5.72. The van der Waals surface area contributed by atoms with E-state index in [-0.39, 0.29) is 0 Å². The maximum atomic E-state index is 8.74. The molecule has 0 aliphatic rings. The molecule has 2 aromatic rings. The average Bonchev–Trinajstić information content (AvgIpc) is 2.79. The first kappa shape index (κ1) is 12.2. The van der Waals surface area contributed by atoms with E-state index in [0.29, 0.717) is 0 Å². The summed E-state index contributed by atoms with van der Waals surface area (Å²) in [6, 6.07) is 12.2. The van der Waals surface area contributed by atoms with Crippen LogP contribution in [0.25, 0.3) is 0 Å². The predicted octanol–water partition coefficient (Wildman–Crippen LogP) is 4.30. The third-order valence-corrected chi connectivity index (χ3v) is 4.25. The van der Waals surface area contributed by atoms with Gasteiger partial charge in [-0.1, -0.05) is 22.0 Å². The molecule has 0 unspecified atom stereocenters. The first-order valence-electron chi connectivity index (χ1n) is 5.18. The number of anilines is 1. The van der Waals surface area contributed by atoms with Crippen molar-refractivity contribution in [2.75, 3.05) is 5.32 Å². The number of rotatable bonds is 3. The minimum atomic E-state index is 0.752. The lowest BCUT2D eigenvalue weighted by Gasteiger charge is -2.06. The van der Waals surface area contributed by atoms with Gasteiger partial charge < -0.3 is 5.32 Å². The minimum absolute atomic E-state index is 0.752. The van der Waals surface area contributed by atoms with Gasteiger partial charge in [0.15, 0.2) is 0 Å². The highest BCUT2D eigenvalue weighted by Gasteiger charge is 2.00. The Bertz CT molecular complexity index is 569. The lowest BCUT2D eigenvalue weighted by molar-refractivity contribution is 1.19. The molecule has 0 aliphatic carbocycles. The summed E-state index contributed by atoms with van der Waals surface area (Å²) >= 11 is 5.03. The Morgan fingerprint density at radius 2 is 2.18 bits per heavy atom. The number of halogens is 1. The monoisotopic (exact) mass is 306 g/mol. The van der Waals surface area contributed by atoms with E-state index >= 15 is 0 Å². The number of nitriles is 1. The van der Waals surface area contributed by atoms with Crippen LogP contribution in [0.4, 0.5) is 5.69 Å². The van der Waals surface area contributed by atoms with E-state index in [1.165, 1.54) is 21.8 Å². The largest absolute Gasteiger partial charge is 0.380 e. The van der Waals surface area contributed by atoms with Gasteiger partial charge in [0.25, 0.3) is 0 Å². The van der Waals surface area contributed by atoms with Gasteiger partial charge in [-0.25, -0.2) is 0 Å². The molecule has 0 fully saturated rings. The summed E-state index contributed by atoms with van der Waals surface area (Å²) in [6.07, 6.45) is 0. The number of aryl methyl sites for hydroxylation is 1. The van der Waals surface area contributed by atoms with Crippen LogP contribution in [-0.4, -0.2) is 0 Å². The highest BCUT2D eigenvalue weighted by Crippen LogP contribution is 2.22. The second-order valence-electron chi connectivity index (χ2n) is 3.70. The third-order valence-electron chi connectivity index (χ3n) is 2.41. The zero-order valence-electron chi connectivity index (χ0n) is 9.33. The fraction of sp³-hybridized carbons (Fsp3) is 0.154. The minimum Gasteiger partial charge on any atom is -0.380 e. The third kappa shape index (κ3) is 3.09. The van der Waals surface area contributed by atoms with Gasteiger partial charge in [-0.15, -0.1) is 11.3 Å². The van der Waals surface area contributed by atoms with E-state index in [1.54, 1.807) is 0 Å². The van der Waals surface area contributed by atoms with Crippen LogP contribution in [0, 0.1) is 18.3 Å². The standard InChI is InChI=1S/C13H11BrN2S/c1-9-2-3-10(6-13(9)14)16-8-12-5-4-11(7-15)17-12/h2-6,16H,8H2,1H3. The molecular formula is C13H11BrN2S. The summed E-state index contributed by atoms with van der Waals surface area (Å²) < 4.78 is 1.10. The highest BCUT2D eigenvalue weighted by atomic mass is 79.9. The van der Waals surface area contributed by atoms with Crippen LogP contribution in [0.5, 0.6) is 0 Å². The van der Waals surface area contributed by atoms with E-state index in [1.807, 2.05) is 12.1 Å². The molecule has 1 aromatic carbocycles. The normalized spacial score (nSPS) is 9.94. The molecule has 0 amide bonds. The highest BCUT2D eigenvalue weighted by molar-refractivity contribution is 9.10. The molecule has 2 nitrogen and oxygen atoms in total. The molecule has 0 radical (unpaired) electrons. The van der Waals surface area contributed by atoms with E-state index < -0.39 is 0 Å². The van der Waals surface area contributed by atoms with E-state index in [9.17, 15) is 0 Å². The molecule has 0 saturated carbocycles. The predicted molar refractivity (Wildman–Crippen MR) is 75.2 cm³/mol. The van der Waals surface area contributed by atoms with Crippen LogP contribution in [0.3, 0.4) is 0 Å². The molecule has 1 heterocycles. The van der Waals surface area contributed by atoms with Gasteiger partial charge in [0.2, 0.25) is 0 Å². The molecule has 1 N–H and O–H groups in total. The number of benzene rings is 1. The van der Waals surface area contributed by atoms with Crippen LogP contribution in [0.15, 0.2) is 34.8 Å². The van der Waals surface area contributed by atoms with Crippen LogP contribution in [-0.2, 0) is 6.54 Å². The molecule has 17 heavy (non-hydrogen) atoms. The van der Waals surface area contributed by atoms with Gasteiger partial charge in [0.1, 0.15) is 10.9 Å². The van der Waals surface area contributed by atoms with Crippen molar-refractivity contribution in [1.82, 2.24) is 0 Å². The van der Waals surface area contributed by atoms with Crippen LogP contribution in [0.1, 0.15) is 15.3 Å². The lowest BCUT2D eigenvalue weighted by Crippen LogP contribution is -1.97. The zero-order chi connectivity index (χ0) is 12.3. The Morgan fingerprint density at radius 1 is 1.35 bits per heavy atom. The summed E-state index contributed by atoms with van der Waals surface area (Å²) in [5.41, 5.74) is 2.30. The summed E-state index contributed by atoms with van der Waals surface area (Å²) in [4.78, 5) is 1.92. The Kier molecular flexibility index (Phi) is 3.82. The number of nitrogens with zero attached hydrogens (tertiary/aromatic N) is 1. The molecule has 0 saturated heterocycles. The molecular weight excluding hydrogens is 296 g/mol. The van der Waals surface area contributed by atoms with E-state index in [2.05, 4.69) is 52.4 Å². The molecule has 2 rings (SSSR count). The van der Waals surface area contributed by atoms with Gasteiger partial charge in [0.05, 0.1) is 0 Å². The summed E-state index contributed by atoms with van der Waals surface area (Å²) in [5.74, 6) is 0. The average molecular weight is 307 g/mol. The lowest BCUT2D eigenvalue weighted by atomic mass is 10.2. The molecule has 0 spiro atoms. The number of nitrogens with one attached hydrogen (secondary N) is 1. The first-order chi connectivity index (χ1) is 8.19. The van der Waals surface area contributed by atoms with Crippen molar-refractivity contribution in [1.29, 1.82) is 5.26 Å². The summed E-state index contributed by atoms with van der Waals surface area (Å²) in [7, 11) is 0. The fourth-order valence-corrected chi connectivity index (χ4v) is 2.55. The molecule has 86 valence electrons. The van der Waals surface area contributed by atoms with Gasteiger partial charge >= 0.3 is 0 Å². The smallest absolute Gasteiger partial charge is 0.110 e. The van der Waals surface area contributed by atoms with Gasteiger partial charge in [-0.3, -0.25) is 0 Å². The quantitative estimate of drug-likeness (QED) is 0.917. The maximum Gasteiger partial charge on any atom is 0.110 e. The first-order valence-corrected chi connectivity index (χ1v) is 6.79. The topological polar surface area (TPSA) is 35.8 Å². The Labute approximate surface area is 113 Å². The molecule has 0 bridgehead atoms. The molecule has 0 aliphatic heterocycles. The SMILES string of the molecule is Cc1ccc(NCc2ccc(C#N)s2)cc1Br. The fourth-order valence-electron chi connectivity index (χ4n) is 1.43. The van der Waals surface area contributed by atoms with Crippen molar-refractivity contribution in [3.63, 3.8) is 0 Å². The van der Waals surface area contributed by atoms with Gasteiger partial charge in [-0.2, -0.15) is 5.26 Å². The molecule has 1 aromatic heterocycles. The Morgan fingerprint density at radius 3 is 2.82 bits per heavy atom. The van der Waals surface area contributed by atoms with Crippen molar-refractivity contribution in [3.05, 3.63) is 50.1 Å². The van der Waals surface area contributed by atoms with E-state index in [0.717, 1.165) is 21.6 Å². The van der Waals surface area contributed by atoms with Gasteiger partial charge in [0, 0.05) is 21.6 Å². The summed E-state index contributed by atoms with van der Waals surface area (Å²) in [5, 5.41) is 12.1. The molecule has 0 atom stereocenters. The number of hydrogen-bond acceptors (Lipinski definition) is 3. The van der Waals surface area contributed by atoms with Crippen LogP contribution in [0.2, 0.25) is 0 Å². The number of thiophene rings is 1. The maximum absolute atomic E-state index is 8.74. The van der Waals surface area contributed by atoms with Crippen molar-refractivity contribution in [3.8, 4) is 6.07 Å². The molecule has 4 heteroatoms. The van der Waals surface area contributed by atoms with Gasteiger partial charge in [-0.05, 0) is 36.8 Å². The second kappa shape index (κ2) is 5.35. The summed E-state index contributed by atoms with van der Waals surface area (Å²) in [6.45, 7) is 2.81. The van der Waals surface area contributed by atoms with Crippen LogP contribution >= 0.6 is 27.3 Å². The van der Waals surface area contributed by atoms with Crippen molar-refractivity contribution >= 4 is 33.0 Å². The number of hydrogen-bond donors (Lipinski definition) is 1. The zero-order valence-corrected chi connectivity index (χ0v) is 11.7. The Balaban J connectivity index is 2.02.